The number of ether oxygens (including phenoxy) is 1. The number of hydrogen-bond acceptors (Lipinski definition) is 7. The molecule has 4 rings (SSSR count). The van der Waals surface area contributed by atoms with Crippen molar-refractivity contribution < 1.29 is 27.6 Å². The fourth-order valence-corrected chi connectivity index (χ4v) is 8.38. The summed E-state index contributed by atoms with van der Waals surface area (Å²) in [6, 6.07) is 11.4. The predicted octanol–water partition coefficient (Wildman–Crippen LogP) is 3.93. The zero-order valence-electron chi connectivity index (χ0n) is 20.3. The molecule has 10 heteroatoms. The van der Waals surface area contributed by atoms with Crippen LogP contribution in [0.3, 0.4) is 0 Å². The fraction of sp³-hybridized carbons (Fsp3) is 0.462. The smallest absolute Gasteiger partial charge is 0.245 e. The highest BCUT2D eigenvalue weighted by Crippen LogP contribution is 2.47. The Morgan fingerprint density at radius 1 is 1.14 bits per heavy atom. The normalized spacial score (nSPS) is 23.9. The van der Waals surface area contributed by atoms with Gasteiger partial charge >= 0.3 is 0 Å². The van der Waals surface area contributed by atoms with E-state index in [4.69, 9.17) is 9.57 Å². The topological polar surface area (TPSA) is 111 Å². The molecule has 8 nitrogen and oxygen atoms in total. The molecule has 1 aromatic carbocycles. The number of likely N-dealkylation sites (N-methyl/N-ethyl adjacent to an activating group) is 1. The van der Waals surface area contributed by atoms with Crippen LogP contribution in [0, 0.1) is 0 Å². The quantitative estimate of drug-likeness (QED) is 0.394. The highest BCUT2D eigenvalue weighted by Gasteiger charge is 2.49. The van der Waals surface area contributed by atoms with Gasteiger partial charge in [0.05, 0.1) is 12.2 Å². The minimum atomic E-state index is -3.55. The molecular formula is C26H32N2O6S2. The van der Waals surface area contributed by atoms with E-state index in [0.29, 0.717) is 30.7 Å². The van der Waals surface area contributed by atoms with Gasteiger partial charge < -0.3 is 10.1 Å². The molecule has 1 aromatic heterocycles. The Bertz CT molecular complexity index is 1200. The van der Waals surface area contributed by atoms with Gasteiger partial charge in [0.2, 0.25) is 11.8 Å². The van der Waals surface area contributed by atoms with Crippen molar-refractivity contribution in [1.29, 1.82) is 0 Å². The summed E-state index contributed by atoms with van der Waals surface area (Å²) in [7, 11) is -1.98. The number of sulfone groups is 1. The molecule has 0 aliphatic carbocycles. The Balaban J connectivity index is 1.53. The van der Waals surface area contributed by atoms with Crippen molar-refractivity contribution in [1.82, 2.24) is 10.8 Å². The summed E-state index contributed by atoms with van der Waals surface area (Å²) in [6.07, 6.45) is 6.85. The lowest BCUT2D eigenvalue weighted by atomic mass is 9.94. The van der Waals surface area contributed by atoms with Crippen LogP contribution in [0.15, 0.2) is 42.5 Å². The molecule has 0 saturated carbocycles. The summed E-state index contributed by atoms with van der Waals surface area (Å²) in [5.41, 5.74) is 4.26. The van der Waals surface area contributed by atoms with Gasteiger partial charge in [-0.1, -0.05) is 30.7 Å². The number of thiophene rings is 1. The van der Waals surface area contributed by atoms with E-state index >= 15 is 0 Å². The Morgan fingerprint density at radius 3 is 2.64 bits per heavy atom. The molecule has 2 aliphatic rings. The first-order chi connectivity index (χ1) is 17.3. The molecule has 2 atom stereocenters. The van der Waals surface area contributed by atoms with Gasteiger partial charge in [0.25, 0.3) is 0 Å². The molecule has 2 amide bonds. The molecule has 0 radical (unpaired) electrons. The van der Waals surface area contributed by atoms with Crippen LogP contribution in [0.1, 0.15) is 55.4 Å². The molecule has 1 unspecified atom stereocenters. The Morgan fingerprint density at radius 2 is 1.94 bits per heavy atom. The van der Waals surface area contributed by atoms with Gasteiger partial charge in [-0.3, -0.25) is 9.59 Å². The van der Waals surface area contributed by atoms with Gasteiger partial charge in [0.1, 0.15) is 4.75 Å². The first-order valence-electron chi connectivity index (χ1n) is 12.2. The summed E-state index contributed by atoms with van der Waals surface area (Å²) in [5, 5.41) is 2.54. The number of amides is 2. The molecule has 36 heavy (non-hydrogen) atoms. The molecule has 194 valence electrons. The van der Waals surface area contributed by atoms with E-state index in [2.05, 4.69) is 10.8 Å². The van der Waals surface area contributed by atoms with E-state index in [1.807, 2.05) is 36.4 Å². The Hall–Kier alpha value is -2.53. The molecule has 3 heterocycles. The Labute approximate surface area is 215 Å². The van der Waals surface area contributed by atoms with Crippen molar-refractivity contribution in [2.24, 2.45) is 0 Å². The van der Waals surface area contributed by atoms with Gasteiger partial charge in [0, 0.05) is 35.9 Å². The number of hydroxylamine groups is 1. The minimum absolute atomic E-state index is 0.0620. The van der Waals surface area contributed by atoms with Gasteiger partial charge in [-0.15, -0.1) is 11.3 Å². The van der Waals surface area contributed by atoms with E-state index in [1.54, 1.807) is 13.1 Å². The van der Waals surface area contributed by atoms with E-state index in [-0.39, 0.29) is 18.1 Å². The maximum Gasteiger partial charge on any atom is 0.245 e. The van der Waals surface area contributed by atoms with E-state index in [0.717, 1.165) is 35.3 Å². The second kappa shape index (κ2) is 11.7. The third-order valence-electron chi connectivity index (χ3n) is 6.65. The lowest BCUT2D eigenvalue weighted by molar-refractivity contribution is -0.200. The summed E-state index contributed by atoms with van der Waals surface area (Å²) in [6.45, 7) is 0.585. The van der Waals surface area contributed by atoms with Gasteiger partial charge in [0.15, 0.2) is 16.1 Å². The first-order valence-corrected chi connectivity index (χ1v) is 14.7. The first kappa shape index (κ1) is 26.5. The van der Waals surface area contributed by atoms with Crippen molar-refractivity contribution in [3.8, 4) is 10.4 Å². The fourth-order valence-electron chi connectivity index (χ4n) is 4.60. The highest BCUT2D eigenvalue weighted by molar-refractivity contribution is 7.92. The number of carbonyl (C=O) groups excluding carboxylic acids is 2. The molecule has 2 fully saturated rings. The third kappa shape index (κ3) is 6.05. The SMILES string of the molecule is CNC(=O)C=Cc1ccc(-c2ccc([C@@]3(CC(=O)NOC4CCCCO4)CCCCS3(=O)=O)s2)cc1. The number of benzene rings is 1. The van der Waals surface area contributed by atoms with Crippen molar-refractivity contribution in [3.63, 3.8) is 0 Å². The van der Waals surface area contributed by atoms with Crippen LogP contribution in [0.4, 0.5) is 0 Å². The molecule has 2 N–H and O–H groups in total. The van der Waals surface area contributed by atoms with Crippen LogP contribution >= 0.6 is 11.3 Å². The molecule has 2 aromatic rings. The largest absolute Gasteiger partial charge is 0.356 e. The van der Waals surface area contributed by atoms with E-state index in [9.17, 15) is 18.0 Å². The summed E-state index contributed by atoms with van der Waals surface area (Å²) >= 11 is 1.40. The predicted molar refractivity (Wildman–Crippen MR) is 140 cm³/mol. The Kier molecular flexibility index (Phi) is 8.61. The van der Waals surface area contributed by atoms with E-state index in [1.165, 1.54) is 17.4 Å². The molecular weight excluding hydrogens is 500 g/mol. The third-order valence-corrected chi connectivity index (χ3v) is 10.7. The standard InChI is InChI=1S/C26H32N2O6S2/c1-27-23(29)14-9-19-7-10-20(11-8-19)21-12-13-22(35-21)26(15-3-5-17-36(26,31)32)18-24(30)28-34-25-6-2-4-16-33-25/h7-14,25H,2-6,15-18H2,1H3,(H,27,29)(H,28,30)/t25?,26-/m0/s1. The summed E-state index contributed by atoms with van der Waals surface area (Å²) < 4.78 is 31.0. The lowest BCUT2D eigenvalue weighted by Gasteiger charge is -2.35. The summed E-state index contributed by atoms with van der Waals surface area (Å²) in [5.74, 6) is -0.578. The molecule has 2 saturated heterocycles. The molecule has 0 bridgehead atoms. The van der Waals surface area contributed by atoms with Crippen molar-refractivity contribution in [3.05, 3.63) is 52.9 Å². The van der Waals surface area contributed by atoms with Crippen LogP contribution in [0.25, 0.3) is 16.5 Å². The second-order valence-corrected chi connectivity index (χ2v) is 12.6. The molecule has 0 spiro atoms. The number of nitrogens with one attached hydrogen (secondary N) is 2. The second-order valence-electron chi connectivity index (χ2n) is 9.12. The minimum Gasteiger partial charge on any atom is -0.356 e. The van der Waals surface area contributed by atoms with Crippen LogP contribution < -0.4 is 10.8 Å². The van der Waals surface area contributed by atoms with E-state index < -0.39 is 26.8 Å². The number of rotatable bonds is 8. The van der Waals surface area contributed by atoms with Crippen LogP contribution in [-0.2, 0) is 33.7 Å². The average Bonchev–Trinajstić information content (AvgIpc) is 3.39. The van der Waals surface area contributed by atoms with Crippen LogP contribution in [-0.4, -0.2) is 45.9 Å². The zero-order valence-corrected chi connectivity index (χ0v) is 22.0. The summed E-state index contributed by atoms with van der Waals surface area (Å²) in [4.78, 5) is 31.3. The maximum atomic E-state index is 13.4. The van der Waals surface area contributed by atoms with Crippen LogP contribution in [0.5, 0.6) is 0 Å². The van der Waals surface area contributed by atoms with Gasteiger partial charge in [-0.05, 0) is 55.0 Å². The van der Waals surface area contributed by atoms with Crippen molar-refractivity contribution >= 4 is 39.1 Å². The lowest BCUT2D eigenvalue weighted by Crippen LogP contribution is -2.45. The average molecular weight is 533 g/mol. The van der Waals surface area contributed by atoms with Gasteiger partial charge in [-0.2, -0.15) is 0 Å². The zero-order chi connectivity index (χ0) is 25.6. The maximum absolute atomic E-state index is 13.4. The number of hydrogen-bond donors (Lipinski definition) is 2. The number of carbonyl (C=O) groups is 2. The monoisotopic (exact) mass is 532 g/mol. The van der Waals surface area contributed by atoms with Crippen molar-refractivity contribution in [2.75, 3.05) is 19.4 Å². The highest BCUT2D eigenvalue weighted by atomic mass is 32.2. The van der Waals surface area contributed by atoms with Gasteiger partial charge in [-0.25, -0.2) is 18.7 Å². The van der Waals surface area contributed by atoms with Crippen molar-refractivity contribution in [2.45, 2.75) is 56.0 Å². The van der Waals surface area contributed by atoms with Crippen LogP contribution in [0.2, 0.25) is 0 Å². The molecule has 2 aliphatic heterocycles.